The highest BCUT2D eigenvalue weighted by molar-refractivity contribution is 6.22. The molecule has 154 valence electrons. The normalized spacial score (nSPS) is 18.4. The average Bonchev–Trinajstić information content (AvgIpc) is 2.99. The van der Waals surface area contributed by atoms with E-state index >= 15 is 0 Å². The summed E-state index contributed by atoms with van der Waals surface area (Å²) in [5.41, 5.74) is -0.184. The van der Waals surface area contributed by atoms with E-state index in [4.69, 9.17) is 11.6 Å². The summed E-state index contributed by atoms with van der Waals surface area (Å²) >= 11 is 6.08. The standard InChI is InChI=1S/C22H43ClN2O/c1-3-4-5-6-7-8-9-10-11-12-13-14-15-16-17-18-22-24-21(23)19-25(22)20(2)26/h20-21,26H,3-19H2,1-2H3. The summed E-state index contributed by atoms with van der Waals surface area (Å²) in [6.07, 6.45) is 21.2. The van der Waals surface area contributed by atoms with Crippen molar-refractivity contribution >= 4 is 17.4 Å². The van der Waals surface area contributed by atoms with Crippen LogP contribution in [0.15, 0.2) is 4.99 Å². The first-order valence-electron chi connectivity index (χ1n) is 11.3. The zero-order chi connectivity index (χ0) is 19.0. The van der Waals surface area contributed by atoms with Gasteiger partial charge in [-0.15, -0.1) is 0 Å². The second-order valence-corrected chi connectivity index (χ2v) is 8.47. The van der Waals surface area contributed by atoms with Crippen molar-refractivity contribution in [2.45, 2.75) is 128 Å². The fraction of sp³-hybridized carbons (Fsp3) is 0.955. The third kappa shape index (κ3) is 11.4. The Morgan fingerprint density at radius 3 is 1.73 bits per heavy atom. The fourth-order valence-corrected chi connectivity index (χ4v) is 4.04. The van der Waals surface area contributed by atoms with Gasteiger partial charge in [0, 0.05) is 6.42 Å². The lowest BCUT2D eigenvalue weighted by atomic mass is 10.0. The van der Waals surface area contributed by atoms with Crippen molar-refractivity contribution in [2.75, 3.05) is 6.54 Å². The molecule has 0 bridgehead atoms. The third-order valence-corrected chi connectivity index (χ3v) is 5.66. The molecule has 0 saturated carbocycles. The van der Waals surface area contributed by atoms with Crippen LogP contribution in [0.4, 0.5) is 0 Å². The number of aliphatic hydroxyl groups is 1. The highest BCUT2D eigenvalue weighted by atomic mass is 35.5. The molecule has 0 saturated heterocycles. The van der Waals surface area contributed by atoms with Gasteiger partial charge in [-0.05, 0) is 13.3 Å². The summed E-state index contributed by atoms with van der Waals surface area (Å²) in [5.74, 6) is 0.995. The van der Waals surface area contributed by atoms with Crippen molar-refractivity contribution in [1.29, 1.82) is 0 Å². The van der Waals surface area contributed by atoms with E-state index in [1.807, 2.05) is 4.90 Å². The number of nitrogens with zero attached hydrogens (tertiary/aromatic N) is 2. The number of alkyl halides is 1. The summed E-state index contributed by atoms with van der Waals surface area (Å²) in [4.78, 5) is 6.37. The van der Waals surface area contributed by atoms with Crippen LogP contribution in [-0.2, 0) is 0 Å². The number of halogens is 1. The van der Waals surface area contributed by atoms with Crippen molar-refractivity contribution < 1.29 is 5.11 Å². The quantitative estimate of drug-likeness (QED) is 0.168. The molecule has 2 atom stereocenters. The van der Waals surface area contributed by atoms with Crippen LogP contribution in [0.25, 0.3) is 0 Å². The van der Waals surface area contributed by atoms with Crippen LogP contribution in [0.3, 0.4) is 0 Å². The van der Waals surface area contributed by atoms with Gasteiger partial charge in [-0.1, -0.05) is 108 Å². The zero-order valence-corrected chi connectivity index (χ0v) is 18.2. The highest BCUT2D eigenvalue weighted by Gasteiger charge is 2.25. The van der Waals surface area contributed by atoms with E-state index in [0.717, 1.165) is 18.7 Å². The lowest BCUT2D eigenvalue weighted by Gasteiger charge is -2.23. The second-order valence-electron chi connectivity index (χ2n) is 7.96. The maximum Gasteiger partial charge on any atom is 0.143 e. The minimum atomic E-state index is -0.478. The molecule has 0 aromatic heterocycles. The SMILES string of the molecule is CCCCCCCCCCCCCCCCCC1=NC(Cl)CN1C(C)O. The molecule has 0 spiro atoms. The number of aliphatic imine (C=N–C) groups is 1. The van der Waals surface area contributed by atoms with Gasteiger partial charge in [0.05, 0.1) is 6.54 Å². The molecule has 1 rings (SSSR count). The average molecular weight is 387 g/mol. The first-order chi connectivity index (χ1) is 12.6. The second kappa shape index (κ2) is 15.7. The minimum absolute atomic E-state index is 0.184. The molecule has 1 N–H and O–H groups in total. The third-order valence-electron chi connectivity index (χ3n) is 5.42. The van der Waals surface area contributed by atoms with Gasteiger partial charge >= 0.3 is 0 Å². The van der Waals surface area contributed by atoms with Crippen LogP contribution in [0.1, 0.15) is 117 Å². The lowest BCUT2D eigenvalue weighted by molar-refractivity contribution is 0.0754. The van der Waals surface area contributed by atoms with Gasteiger partial charge in [-0.2, -0.15) is 0 Å². The Morgan fingerprint density at radius 2 is 1.31 bits per heavy atom. The van der Waals surface area contributed by atoms with E-state index in [2.05, 4.69) is 11.9 Å². The van der Waals surface area contributed by atoms with Gasteiger partial charge in [0.2, 0.25) is 0 Å². The van der Waals surface area contributed by atoms with E-state index in [1.165, 1.54) is 89.9 Å². The largest absolute Gasteiger partial charge is 0.374 e. The number of aliphatic hydroxyl groups excluding tert-OH is 1. The molecule has 0 radical (unpaired) electrons. The van der Waals surface area contributed by atoms with Gasteiger partial charge in [0.25, 0.3) is 0 Å². The number of unbranched alkanes of at least 4 members (excludes halogenated alkanes) is 14. The van der Waals surface area contributed by atoms with E-state index < -0.39 is 6.23 Å². The van der Waals surface area contributed by atoms with Gasteiger partial charge < -0.3 is 10.0 Å². The molecular weight excluding hydrogens is 344 g/mol. The molecule has 0 aromatic carbocycles. The van der Waals surface area contributed by atoms with Crippen molar-refractivity contribution in [3.05, 3.63) is 0 Å². The summed E-state index contributed by atoms with van der Waals surface area (Å²) in [5, 5.41) is 9.75. The Bertz CT molecular complexity index is 360. The van der Waals surface area contributed by atoms with Gasteiger partial charge in [0.1, 0.15) is 17.6 Å². The molecule has 0 fully saturated rings. The summed E-state index contributed by atoms with van der Waals surface area (Å²) in [6, 6.07) is 0. The van der Waals surface area contributed by atoms with Crippen LogP contribution in [0.2, 0.25) is 0 Å². The topological polar surface area (TPSA) is 35.8 Å². The molecule has 0 aliphatic carbocycles. The molecule has 2 unspecified atom stereocenters. The molecule has 0 amide bonds. The van der Waals surface area contributed by atoms with Crippen LogP contribution >= 0.6 is 11.6 Å². The van der Waals surface area contributed by atoms with Crippen LogP contribution in [0, 0.1) is 0 Å². The number of hydrogen-bond donors (Lipinski definition) is 1. The molecule has 0 aromatic rings. The molecular formula is C22H43ClN2O. The fourth-order valence-electron chi connectivity index (χ4n) is 3.78. The van der Waals surface area contributed by atoms with Gasteiger partial charge in [-0.3, -0.25) is 4.99 Å². The van der Waals surface area contributed by atoms with E-state index in [9.17, 15) is 5.11 Å². The summed E-state index contributed by atoms with van der Waals surface area (Å²) in [7, 11) is 0. The first kappa shape index (κ1) is 23.8. The molecule has 1 aliphatic rings. The van der Waals surface area contributed by atoms with Crippen LogP contribution < -0.4 is 0 Å². The number of hydrogen-bond acceptors (Lipinski definition) is 3. The summed E-state index contributed by atoms with van der Waals surface area (Å²) in [6.45, 7) is 4.72. The predicted octanol–water partition coefficient (Wildman–Crippen LogP) is 6.87. The Kier molecular flexibility index (Phi) is 14.4. The molecule has 1 aliphatic heterocycles. The first-order valence-corrected chi connectivity index (χ1v) is 11.7. The van der Waals surface area contributed by atoms with Crippen LogP contribution in [-0.4, -0.2) is 34.1 Å². The molecule has 4 heteroatoms. The van der Waals surface area contributed by atoms with Crippen LogP contribution in [0.5, 0.6) is 0 Å². The molecule has 1 heterocycles. The van der Waals surface area contributed by atoms with Gasteiger partial charge in [-0.25, -0.2) is 0 Å². The zero-order valence-electron chi connectivity index (χ0n) is 17.4. The monoisotopic (exact) mass is 386 g/mol. The maximum atomic E-state index is 9.75. The Labute approximate surface area is 167 Å². The van der Waals surface area contributed by atoms with E-state index in [-0.39, 0.29) is 5.50 Å². The Morgan fingerprint density at radius 1 is 0.885 bits per heavy atom. The van der Waals surface area contributed by atoms with Crippen molar-refractivity contribution in [3.63, 3.8) is 0 Å². The lowest BCUT2D eigenvalue weighted by Crippen LogP contribution is -2.36. The predicted molar refractivity (Wildman–Crippen MR) is 115 cm³/mol. The number of rotatable bonds is 17. The van der Waals surface area contributed by atoms with E-state index in [1.54, 1.807) is 6.92 Å². The smallest absolute Gasteiger partial charge is 0.143 e. The van der Waals surface area contributed by atoms with Crippen molar-refractivity contribution in [1.82, 2.24) is 4.90 Å². The Balaban J connectivity index is 1.83. The molecule has 26 heavy (non-hydrogen) atoms. The van der Waals surface area contributed by atoms with Gasteiger partial charge in [0.15, 0.2) is 0 Å². The minimum Gasteiger partial charge on any atom is -0.374 e. The molecule has 3 nitrogen and oxygen atoms in total. The highest BCUT2D eigenvalue weighted by Crippen LogP contribution is 2.19. The maximum absolute atomic E-state index is 9.75. The summed E-state index contributed by atoms with van der Waals surface area (Å²) < 4.78 is 0. The Hall–Kier alpha value is -0.280. The number of amidine groups is 1. The van der Waals surface area contributed by atoms with Crippen molar-refractivity contribution in [2.24, 2.45) is 4.99 Å². The van der Waals surface area contributed by atoms with E-state index in [0.29, 0.717) is 6.54 Å². The van der Waals surface area contributed by atoms with Crippen molar-refractivity contribution in [3.8, 4) is 0 Å².